The number of nitrogens with one attached hydrogen (secondary N) is 1. The van der Waals surface area contributed by atoms with Crippen LogP contribution in [-0.2, 0) is 12.1 Å². The van der Waals surface area contributed by atoms with E-state index in [-0.39, 0.29) is 12.7 Å². The van der Waals surface area contributed by atoms with Crippen LogP contribution in [0.25, 0.3) is 0 Å². The molecule has 0 atom stereocenters. The smallest absolute Gasteiger partial charge is 0.251 e. The van der Waals surface area contributed by atoms with Crippen molar-refractivity contribution in [1.29, 1.82) is 0 Å². The van der Waals surface area contributed by atoms with E-state index < -0.39 is 5.60 Å². The molecule has 120 valence electrons. The maximum Gasteiger partial charge on any atom is 0.251 e. The summed E-state index contributed by atoms with van der Waals surface area (Å²) < 4.78 is 10.5. The first-order valence-electron chi connectivity index (χ1n) is 7.43. The quantitative estimate of drug-likeness (QED) is 0.910. The molecule has 23 heavy (non-hydrogen) atoms. The van der Waals surface area contributed by atoms with E-state index in [0.717, 1.165) is 11.1 Å². The zero-order valence-corrected chi connectivity index (χ0v) is 13.1. The van der Waals surface area contributed by atoms with Crippen LogP contribution in [0.3, 0.4) is 0 Å². The maximum absolute atomic E-state index is 12.2. The van der Waals surface area contributed by atoms with Crippen LogP contribution in [0.1, 0.15) is 35.3 Å². The summed E-state index contributed by atoms with van der Waals surface area (Å²) in [7, 11) is 0. The molecule has 0 aromatic heterocycles. The Bertz CT molecular complexity index is 717. The summed E-state index contributed by atoms with van der Waals surface area (Å²) in [5.74, 6) is 1.07. The first kappa shape index (κ1) is 15.4. The molecule has 0 fully saturated rings. The number of carbonyl (C=O) groups is 1. The van der Waals surface area contributed by atoms with E-state index in [1.165, 1.54) is 0 Å². The molecule has 2 N–H and O–H groups in total. The molecule has 0 saturated carbocycles. The van der Waals surface area contributed by atoms with Crippen LogP contribution in [0.2, 0.25) is 0 Å². The standard InChI is InChI=1S/C18H19NO4/c1-18(2,21)14-6-3-12(4-7-14)10-19-17(20)13-5-8-15-16(9-13)23-11-22-15/h3-9,21H,10-11H2,1-2H3,(H,19,20). The second-order valence-corrected chi connectivity index (χ2v) is 6.01. The first-order valence-corrected chi connectivity index (χ1v) is 7.43. The van der Waals surface area contributed by atoms with Gasteiger partial charge in [-0.1, -0.05) is 24.3 Å². The second kappa shape index (κ2) is 5.93. The van der Waals surface area contributed by atoms with Crippen LogP contribution in [-0.4, -0.2) is 17.8 Å². The molecule has 1 aliphatic rings. The zero-order valence-electron chi connectivity index (χ0n) is 13.1. The van der Waals surface area contributed by atoms with Gasteiger partial charge >= 0.3 is 0 Å². The van der Waals surface area contributed by atoms with Crippen molar-refractivity contribution in [2.75, 3.05) is 6.79 Å². The van der Waals surface area contributed by atoms with E-state index in [1.54, 1.807) is 32.0 Å². The largest absolute Gasteiger partial charge is 0.454 e. The summed E-state index contributed by atoms with van der Waals surface area (Å²) in [5.41, 5.74) is 1.46. The fourth-order valence-corrected chi connectivity index (χ4v) is 2.35. The fourth-order valence-electron chi connectivity index (χ4n) is 2.35. The average molecular weight is 313 g/mol. The lowest BCUT2D eigenvalue weighted by molar-refractivity contribution is 0.0785. The summed E-state index contributed by atoms with van der Waals surface area (Å²) in [6.07, 6.45) is 0. The fraction of sp³-hybridized carbons (Fsp3) is 0.278. The molecule has 3 rings (SSSR count). The minimum absolute atomic E-state index is 0.171. The number of amides is 1. The predicted octanol–water partition coefficient (Wildman–Crippen LogP) is 2.57. The summed E-state index contributed by atoms with van der Waals surface area (Å²) in [5, 5.41) is 12.8. The number of fused-ring (bicyclic) bond motifs is 1. The molecule has 2 aromatic carbocycles. The average Bonchev–Trinajstić information content (AvgIpc) is 2.99. The van der Waals surface area contributed by atoms with Gasteiger partial charge in [0.15, 0.2) is 11.5 Å². The Morgan fingerprint density at radius 1 is 1.13 bits per heavy atom. The van der Waals surface area contributed by atoms with Gasteiger partial charge in [-0.2, -0.15) is 0 Å². The molecule has 0 unspecified atom stereocenters. The monoisotopic (exact) mass is 313 g/mol. The number of carbonyl (C=O) groups excluding carboxylic acids is 1. The van der Waals surface area contributed by atoms with Gasteiger partial charge in [0.25, 0.3) is 5.91 Å². The molecule has 0 saturated heterocycles. The normalized spacial score (nSPS) is 13.0. The molecule has 0 spiro atoms. The van der Waals surface area contributed by atoms with Gasteiger partial charge in [0.05, 0.1) is 5.60 Å². The molecule has 5 heteroatoms. The zero-order chi connectivity index (χ0) is 16.4. The van der Waals surface area contributed by atoms with Crippen molar-refractivity contribution < 1.29 is 19.4 Å². The summed E-state index contributed by atoms with van der Waals surface area (Å²) in [6, 6.07) is 12.6. The van der Waals surface area contributed by atoms with Crippen LogP contribution in [0.5, 0.6) is 11.5 Å². The van der Waals surface area contributed by atoms with Crippen molar-refractivity contribution in [1.82, 2.24) is 5.32 Å². The highest BCUT2D eigenvalue weighted by Gasteiger charge is 2.17. The molecule has 0 bridgehead atoms. The molecule has 5 nitrogen and oxygen atoms in total. The lowest BCUT2D eigenvalue weighted by atomic mass is 9.97. The Morgan fingerprint density at radius 2 is 1.83 bits per heavy atom. The SMILES string of the molecule is CC(C)(O)c1ccc(CNC(=O)c2ccc3c(c2)OCO3)cc1. The predicted molar refractivity (Wildman–Crippen MR) is 85.4 cm³/mol. The number of hydrogen-bond acceptors (Lipinski definition) is 4. The summed E-state index contributed by atoms with van der Waals surface area (Å²) in [6.45, 7) is 4.08. The van der Waals surface area contributed by atoms with Crippen molar-refractivity contribution in [3.05, 3.63) is 59.2 Å². The molecular weight excluding hydrogens is 294 g/mol. The topological polar surface area (TPSA) is 67.8 Å². The Kier molecular flexibility index (Phi) is 3.96. The van der Waals surface area contributed by atoms with Crippen molar-refractivity contribution in [2.45, 2.75) is 26.0 Å². The molecule has 2 aromatic rings. The van der Waals surface area contributed by atoms with Crippen LogP contribution >= 0.6 is 0 Å². The van der Waals surface area contributed by atoms with Gasteiger partial charge in [0.2, 0.25) is 6.79 Å². The lowest BCUT2D eigenvalue weighted by Crippen LogP contribution is -2.23. The van der Waals surface area contributed by atoms with E-state index in [2.05, 4.69) is 5.32 Å². The van der Waals surface area contributed by atoms with Gasteiger partial charge in [-0.3, -0.25) is 4.79 Å². The molecular formula is C18H19NO4. The highest BCUT2D eigenvalue weighted by molar-refractivity contribution is 5.94. The highest BCUT2D eigenvalue weighted by Crippen LogP contribution is 2.32. The van der Waals surface area contributed by atoms with E-state index >= 15 is 0 Å². The number of benzene rings is 2. The van der Waals surface area contributed by atoms with Crippen LogP contribution < -0.4 is 14.8 Å². The third kappa shape index (κ3) is 3.46. The van der Waals surface area contributed by atoms with Crippen molar-refractivity contribution in [3.63, 3.8) is 0 Å². The maximum atomic E-state index is 12.2. The van der Waals surface area contributed by atoms with Crippen LogP contribution in [0, 0.1) is 0 Å². The van der Waals surface area contributed by atoms with Gasteiger partial charge in [0.1, 0.15) is 0 Å². The van der Waals surface area contributed by atoms with Crippen molar-refractivity contribution >= 4 is 5.91 Å². The third-order valence-corrected chi connectivity index (χ3v) is 3.75. The molecule has 0 aliphatic carbocycles. The van der Waals surface area contributed by atoms with Gasteiger partial charge in [-0.05, 0) is 43.2 Å². The third-order valence-electron chi connectivity index (χ3n) is 3.75. The number of ether oxygens (including phenoxy) is 2. The Balaban J connectivity index is 1.63. The highest BCUT2D eigenvalue weighted by atomic mass is 16.7. The van der Waals surface area contributed by atoms with Crippen LogP contribution in [0.4, 0.5) is 0 Å². The van der Waals surface area contributed by atoms with Crippen LogP contribution in [0.15, 0.2) is 42.5 Å². The van der Waals surface area contributed by atoms with Crippen molar-refractivity contribution in [3.8, 4) is 11.5 Å². The van der Waals surface area contributed by atoms with Gasteiger partial charge in [0, 0.05) is 12.1 Å². The minimum Gasteiger partial charge on any atom is -0.454 e. The molecule has 1 heterocycles. The summed E-state index contributed by atoms with van der Waals surface area (Å²) in [4.78, 5) is 12.2. The van der Waals surface area contributed by atoms with E-state index in [4.69, 9.17) is 9.47 Å². The molecule has 0 radical (unpaired) electrons. The van der Waals surface area contributed by atoms with Gasteiger partial charge < -0.3 is 19.9 Å². The van der Waals surface area contributed by atoms with Gasteiger partial charge in [-0.25, -0.2) is 0 Å². The Hall–Kier alpha value is -2.53. The number of aliphatic hydroxyl groups is 1. The molecule has 1 amide bonds. The first-order chi connectivity index (χ1) is 10.9. The number of hydrogen-bond donors (Lipinski definition) is 2. The van der Waals surface area contributed by atoms with E-state index in [0.29, 0.717) is 23.6 Å². The van der Waals surface area contributed by atoms with Gasteiger partial charge in [-0.15, -0.1) is 0 Å². The molecule has 1 aliphatic heterocycles. The summed E-state index contributed by atoms with van der Waals surface area (Å²) >= 11 is 0. The Morgan fingerprint density at radius 3 is 2.52 bits per heavy atom. The van der Waals surface area contributed by atoms with E-state index in [9.17, 15) is 9.90 Å². The lowest BCUT2D eigenvalue weighted by Gasteiger charge is -2.18. The van der Waals surface area contributed by atoms with E-state index in [1.807, 2.05) is 24.3 Å². The minimum atomic E-state index is -0.867. The number of rotatable bonds is 4. The van der Waals surface area contributed by atoms with Crippen molar-refractivity contribution in [2.24, 2.45) is 0 Å². The Labute approximate surface area is 134 Å². The second-order valence-electron chi connectivity index (χ2n) is 6.01.